The number of likely N-dealkylation sites (tertiary alicyclic amines) is 1. The Balaban J connectivity index is 1.33. The van der Waals surface area contributed by atoms with E-state index in [9.17, 15) is 9.18 Å². The number of anilines is 1. The van der Waals surface area contributed by atoms with Gasteiger partial charge in [-0.1, -0.05) is 12.1 Å². The van der Waals surface area contributed by atoms with Gasteiger partial charge in [0.15, 0.2) is 11.8 Å². The molecule has 0 radical (unpaired) electrons. The monoisotopic (exact) mass is 508 g/mol. The standard InChI is InChI=1S/C28H34F2N6O/c1-27(30,24(29)25(32)35(2)17-31)20-4-3-5-21(14-20)33-26(37)23-13-18(12-22(34-23)19-6-7-19)15-36-11-10-28(16-36)8-9-28/h3-5,12-14,17,19,24,31-32H,6-11,15-16H2,1-2H3,(H,33,37)/t24?,27-/m0/s1. The fourth-order valence-corrected chi connectivity index (χ4v) is 5.16. The first-order chi connectivity index (χ1) is 17.6. The number of hydrogen-bond acceptors (Lipinski definition) is 5. The summed E-state index contributed by atoms with van der Waals surface area (Å²) in [6.45, 7) is 4.06. The van der Waals surface area contributed by atoms with E-state index in [2.05, 4.69) is 21.3 Å². The van der Waals surface area contributed by atoms with Gasteiger partial charge in [0.25, 0.3) is 5.91 Å². The number of alkyl halides is 2. The summed E-state index contributed by atoms with van der Waals surface area (Å²) in [5, 5.41) is 17.8. The molecule has 7 nitrogen and oxygen atoms in total. The van der Waals surface area contributed by atoms with E-state index in [1.807, 2.05) is 6.07 Å². The summed E-state index contributed by atoms with van der Waals surface area (Å²) >= 11 is 0. The third kappa shape index (κ3) is 5.42. The maximum Gasteiger partial charge on any atom is 0.274 e. The van der Waals surface area contributed by atoms with Gasteiger partial charge in [0, 0.05) is 37.4 Å². The first kappa shape index (κ1) is 25.4. The lowest BCUT2D eigenvalue weighted by atomic mass is 9.91. The predicted molar refractivity (Wildman–Crippen MR) is 140 cm³/mol. The molecule has 1 aromatic heterocycles. The second kappa shape index (κ2) is 9.59. The number of carbonyl (C=O) groups excluding carboxylic acids is 1. The number of nitrogens with one attached hydrogen (secondary N) is 3. The summed E-state index contributed by atoms with van der Waals surface area (Å²) in [5.74, 6) is -0.658. The minimum absolute atomic E-state index is 0.00986. The summed E-state index contributed by atoms with van der Waals surface area (Å²) in [6, 6.07) is 9.93. The zero-order valence-corrected chi connectivity index (χ0v) is 21.4. The highest BCUT2D eigenvalue weighted by Crippen LogP contribution is 2.52. The molecule has 1 aliphatic heterocycles. The minimum atomic E-state index is -2.53. The summed E-state index contributed by atoms with van der Waals surface area (Å²) in [6.07, 6.45) is 4.52. The summed E-state index contributed by atoms with van der Waals surface area (Å²) in [5.41, 5.74) is 0.674. The van der Waals surface area contributed by atoms with E-state index in [1.54, 1.807) is 12.1 Å². The van der Waals surface area contributed by atoms with Crippen LogP contribution in [0.5, 0.6) is 0 Å². The molecule has 2 aromatic rings. The van der Waals surface area contributed by atoms with E-state index < -0.39 is 23.6 Å². The maximum atomic E-state index is 15.5. The molecular weight excluding hydrogens is 474 g/mol. The highest BCUT2D eigenvalue weighted by molar-refractivity contribution is 6.03. The Morgan fingerprint density at radius 3 is 2.73 bits per heavy atom. The number of amides is 1. The smallest absolute Gasteiger partial charge is 0.274 e. The Labute approximate surface area is 216 Å². The number of halogens is 2. The van der Waals surface area contributed by atoms with Crippen LogP contribution in [0.15, 0.2) is 36.4 Å². The number of amidine groups is 1. The second-order valence-corrected chi connectivity index (χ2v) is 11.1. The van der Waals surface area contributed by atoms with Crippen molar-refractivity contribution in [1.29, 1.82) is 10.8 Å². The van der Waals surface area contributed by atoms with Gasteiger partial charge in [-0.05, 0) is 86.4 Å². The van der Waals surface area contributed by atoms with Crippen LogP contribution in [0.1, 0.15) is 72.3 Å². The Kier molecular flexibility index (Phi) is 6.60. The van der Waals surface area contributed by atoms with Gasteiger partial charge in [-0.3, -0.25) is 20.5 Å². The lowest BCUT2D eigenvalue weighted by Crippen LogP contribution is -2.42. The number of hydrogen-bond donors (Lipinski definition) is 3. The molecular formula is C28H34F2N6O. The third-order valence-corrected chi connectivity index (χ3v) is 7.99. The molecule has 1 aromatic carbocycles. The maximum absolute atomic E-state index is 15.5. The van der Waals surface area contributed by atoms with Crippen molar-refractivity contribution in [1.82, 2.24) is 14.8 Å². The lowest BCUT2D eigenvalue weighted by Gasteiger charge is -2.28. The molecule has 196 valence electrons. The Morgan fingerprint density at radius 2 is 2.08 bits per heavy atom. The van der Waals surface area contributed by atoms with E-state index in [0.29, 0.717) is 22.7 Å². The van der Waals surface area contributed by atoms with Crippen molar-refractivity contribution in [3.05, 3.63) is 58.9 Å². The van der Waals surface area contributed by atoms with E-state index in [1.165, 1.54) is 38.4 Å². The van der Waals surface area contributed by atoms with E-state index >= 15 is 4.39 Å². The van der Waals surface area contributed by atoms with Crippen molar-refractivity contribution in [3.8, 4) is 0 Å². The lowest BCUT2D eigenvalue weighted by molar-refractivity contribution is 0.101. The highest BCUT2D eigenvalue weighted by atomic mass is 19.2. The fourth-order valence-electron chi connectivity index (χ4n) is 5.16. The molecule has 1 saturated heterocycles. The third-order valence-electron chi connectivity index (χ3n) is 7.99. The minimum Gasteiger partial charge on any atom is -0.322 e. The Hall–Kier alpha value is -3.20. The average molecular weight is 509 g/mol. The fraction of sp³-hybridized carbons (Fsp3) is 0.500. The van der Waals surface area contributed by atoms with Gasteiger partial charge in [-0.25, -0.2) is 13.8 Å². The van der Waals surface area contributed by atoms with Crippen LogP contribution < -0.4 is 5.32 Å². The van der Waals surface area contributed by atoms with Crippen LogP contribution in [-0.4, -0.2) is 59.2 Å². The predicted octanol–water partition coefficient (Wildman–Crippen LogP) is 5.24. The summed E-state index contributed by atoms with van der Waals surface area (Å²) in [7, 11) is 1.32. The quantitative estimate of drug-likeness (QED) is 0.319. The molecule has 1 unspecified atom stereocenters. The molecule has 5 rings (SSSR count). The van der Waals surface area contributed by atoms with Crippen molar-refractivity contribution in [2.24, 2.45) is 5.41 Å². The molecule has 2 aliphatic carbocycles. The molecule has 3 fully saturated rings. The molecule has 1 amide bonds. The van der Waals surface area contributed by atoms with Crippen molar-refractivity contribution in [2.45, 2.75) is 63.3 Å². The Morgan fingerprint density at radius 1 is 1.32 bits per heavy atom. The number of aromatic nitrogens is 1. The van der Waals surface area contributed by atoms with Crippen molar-refractivity contribution >= 4 is 23.8 Å². The molecule has 2 heterocycles. The molecule has 2 atom stereocenters. The van der Waals surface area contributed by atoms with E-state index in [0.717, 1.165) is 61.9 Å². The first-order valence-corrected chi connectivity index (χ1v) is 12.9. The van der Waals surface area contributed by atoms with Crippen LogP contribution in [0, 0.1) is 16.2 Å². The van der Waals surface area contributed by atoms with Gasteiger partial charge < -0.3 is 10.2 Å². The molecule has 3 aliphatic rings. The van der Waals surface area contributed by atoms with Crippen LogP contribution in [0.4, 0.5) is 14.5 Å². The van der Waals surface area contributed by atoms with Crippen molar-refractivity contribution < 1.29 is 13.6 Å². The van der Waals surface area contributed by atoms with Gasteiger partial charge in [0.2, 0.25) is 0 Å². The Bertz CT molecular complexity index is 1220. The van der Waals surface area contributed by atoms with Crippen LogP contribution in [-0.2, 0) is 12.2 Å². The van der Waals surface area contributed by atoms with Crippen LogP contribution >= 0.6 is 0 Å². The highest BCUT2D eigenvalue weighted by Gasteiger charge is 2.47. The average Bonchev–Trinajstić information content (AvgIpc) is 3.81. The summed E-state index contributed by atoms with van der Waals surface area (Å²) in [4.78, 5) is 21.2. The van der Waals surface area contributed by atoms with Gasteiger partial charge in [0.05, 0.1) is 6.34 Å². The van der Waals surface area contributed by atoms with Gasteiger partial charge in [-0.15, -0.1) is 0 Å². The van der Waals surface area contributed by atoms with Gasteiger partial charge in [-0.2, -0.15) is 0 Å². The number of carbonyl (C=O) groups is 1. The first-order valence-electron chi connectivity index (χ1n) is 12.9. The van der Waals surface area contributed by atoms with Crippen molar-refractivity contribution in [3.63, 3.8) is 0 Å². The van der Waals surface area contributed by atoms with Crippen LogP contribution in [0.25, 0.3) is 0 Å². The van der Waals surface area contributed by atoms with Crippen molar-refractivity contribution in [2.75, 3.05) is 25.5 Å². The van der Waals surface area contributed by atoms with E-state index in [-0.39, 0.29) is 5.56 Å². The zero-order chi connectivity index (χ0) is 26.4. The molecule has 0 bridgehead atoms. The molecule has 3 N–H and O–H groups in total. The normalized spacial score (nSPS) is 20.8. The molecule has 37 heavy (non-hydrogen) atoms. The SMILES string of the molecule is CN(C=N)C(=N)C(F)[C@@](C)(F)c1cccc(NC(=O)c2cc(CN3CCC4(CC4)C3)cc(C3CC3)n2)c1. The largest absolute Gasteiger partial charge is 0.322 e. The number of nitrogens with zero attached hydrogens (tertiary/aromatic N) is 3. The van der Waals surface area contributed by atoms with Gasteiger partial charge in [0.1, 0.15) is 11.5 Å². The topological polar surface area (TPSA) is 96.2 Å². The number of rotatable bonds is 9. The van der Waals surface area contributed by atoms with Gasteiger partial charge >= 0.3 is 0 Å². The molecule has 9 heteroatoms. The van der Waals surface area contributed by atoms with Crippen LogP contribution in [0.3, 0.4) is 0 Å². The number of benzene rings is 1. The number of pyridine rings is 1. The molecule has 1 spiro atoms. The zero-order valence-electron chi connectivity index (χ0n) is 21.4. The summed E-state index contributed by atoms with van der Waals surface area (Å²) < 4.78 is 30.4. The second-order valence-electron chi connectivity index (χ2n) is 11.1. The molecule has 2 saturated carbocycles. The van der Waals surface area contributed by atoms with Crippen LogP contribution in [0.2, 0.25) is 0 Å². The van der Waals surface area contributed by atoms with E-state index in [4.69, 9.17) is 10.8 Å².